The van der Waals surface area contributed by atoms with Crippen LogP contribution < -0.4 is 4.90 Å². The van der Waals surface area contributed by atoms with Crippen LogP contribution in [0.15, 0.2) is 53.2 Å². The molecule has 0 aliphatic carbocycles. The van der Waals surface area contributed by atoms with Crippen LogP contribution >= 0.6 is 0 Å². The maximum absolute atomic E-state index is 12.6. The molecule has 5 rings (SSSR count). The first-order valence-electron chi connectivity index (χ1n) is 10.6. The molecule has 1 aromatic carbocycles. The molecule has 0 radical (unpaired) electrons. The fourth-order valence-electron chi connectivity index (χ4n) is 3.68. The Bertz CT molecular complexity index is 1220. The lowest BCUT2D eigenvalue weighted by molar-refractivity contribution is 0.116. The van der Waals surface area contributed by atoms with Crippen LogP contribution in [0.2, 0.25) is 0 Å². The highest BCUT2D eigenvalue weighted by Gasteiger charge is 2.18. The van der Waals surface area contributed by atoms with E-state index < -0.39 is 12.3 Å². The van der Waals surface area contributed by atoms with Crippen LogP contribution in [0.5, 0.6) is 0 Å². The molecule has 0 saturated carbocycles. The third-order valence-electron chi connectivity index (χ3n) is 5.57. The number of alkyl halides is 2. The zero-order valence-electron chi connectivity index (χ0n) is 18.0. The highest BCUT2D eigenvalue weighted by atomic mass is 19.3. The Kier molecular flexibility index (Phi) is 5.78. The van der Waals surface area contributed by atoms with Gasteiger partial charge in [0.15, 0.2) is 0 Å². The number of anilines is 1. The van der Waals surface area contributed by atoms with E-state index in [0.717, 1.165) is 43.1 Å². The van der Waals surface area contributed by atoms with Crippen molar-refractivity contribution in [3.05, 3.63) is 60.4 Å². The standard InChI is InChI=1S/C22H22F2N8O/c1-30-7-9-31(10-8-30)18-4-2-3-15(11-18)19-14-32(29-26-19)13-17-6-5-16(12-25-17)21-27-28-22(33-21)20(23)24/h2-6,11-12,14,20H,7-10,13H2,1H3. The number of likely N-dealkylation sites (N-methyl/N-ethyl adjacent to an activating group) is 1. The van der Waals surface area contributed by atoms with E-state index in [0.29, 0.717) is 12.1 Å². The van der Waals surface area contributed by atoms with Gasteiger partial charge in [-0.25, -0.2) is 4.68 Å². The normalized spacial score (nSPS) is 14.8. The summed E-state index contributed by atoms with van der Waals surface area (Å²) in [5.41, 5.74) is 4.18. The van der Waals surface area contributed by atoms with Crippen molar-refractivity contribution in [2.45, 2.75) is 13.0 Å². The maximum Gasteiger partial charge on any atom is 0.314 e. The Morgan fingerprint density at radius 2 is 1.85 bits per heavy atom. The van der Waals surface area contributed by atoms with Gasteiger partial charge < -0.3 is 14.2 Å². The zero-order valence-corrected chi connectivity index (χ0v) is 18.0. The average molecular weight is 452 g/mol. The van der Waals surface area contributed by atoms with Gasteiger partial charge in [0.2, 0.25) is 5.89 Å². The van der Waals surface area contributed by atoms with E-state index in [1.807, 2.05) is 18.3 Å². The number of piperazine rings is 1. The first-order valence-corrected chi connectivity index (χ1v) is 10.6. The number of nitrogens with zero attached hydrogens (tertiary/aromatic N) is 8. The van der Waals surface area contributed by atoms with Crippen LogP contribution in [0.1, 0.15) is 18.0 Å². The number of halogens is 2. The first-order chi connectivity index (χ1) is 16.0. The van der Waals surface area contributed by atoms with Gasteiger partial charge in [-0.05, 0) is 31.3 Å². The maximum atomic E-state index is 12.6. The molecule has 0 unspecified atom stereocenters. The van der Waals surface area contributed by atoms with Crippen molar-refractivity contribution in [2.24, 2.45) is 0 Å². The molecule has 9 nitrogen and oxygen atoms in total. The Morgan fingerprint density at radius 3 is 2.58 bits per heavy atom. The minimum absolute atomic E-state index is 0.00706. The van der Waals surface area contributed by atoms with Gasteiger partial charge in [-0.15, -0.1) is 15.3 Å². The van der Waals surface area contributed by atoms with Gasteiger partial charge >= 0.3 is 6.43 Å². The van der Waals surface area contributed by atoms with Crippen molar-refractivity contribution >= 4 is 5.69 Å². The highest BCUT2D eigenvalue weighted by molar-refractivity contribution is 5.65. The van der Waals surface area contributed by atoms with Gasteiger partial charge in [-0.1, -0.05) is 17.3 Å². The quantitative estimate of drug-likeness (QED) is 0.441. The molecule has 4 aromatic rings. The smallest absolute Gasteiger partial charge is 0.314 e. The van der Waals surface area contributed by atoms with Crippen molar-refractivity contribution in [1.82, 2.24) is 35.1 Å². The molecule has 1 fully saturated rings. The summed E-state index contributed by atoms with van der Waals surface area (Å²) in [4.78, 5) is 9.06. The molecule has 0 bridgehead atoms. The van der Waals surface area contributed by atoms with E-state index in [4.69, 9.17) is 4.42 Å². The monoisotopic (exact) mass is 452 g/mol. The molecule has 1 saturated heterocycles. The number of hydrogen-bond donors (Lipinski definition) is 0. The molecule has 11 heteroatoms. The molecule has 0 N–H and O–H groups in total. The van der Waals surface area contributed by atoms with Gasteiger partial charge in [0.1, 0.15) is 5.69 Å². The molecule has 4 heterocycles. The summed E-state index contributed by atoms with van der Waals surface area (Å²) in [6, 6.07) is 11.8. The molecule has 1 aliphatic heterocycles. The highest BCUT2D eigenvalue weighted by Crippen LogP contribution is 2.25. The zero-order chi connectivity index (χ0) is 22.8. The average Bonchev–Trinajstić information content (AvgIpc) is 3.51. The Balaban J connectivity index is 1.27. The third kappa shape index (κ3) is 4.72. The van der Waals surface area contributed by atoms with Gasteiger partial charge in [0.05, 0.1) is 24.0 Å². The van der Waals surface area contributed by atoms with E-state index in [1.165, 1.54) is 11.9 Å². The number of rotatable bonds is 6. The van der Waals surface area contributed by atoms with Gasteiger partial charge in [-0.2, -0.15) is 8.78 Å². The van der Waals surface area contributed by atoms with Crippen LogP contribution in [-0.4, -0.2) is 68.3 Å². The molecule has 3 aromatic heterocycles. The number of hydrogen-bond acceptors (Lipinski definition) is 8. The van der Waals surface area contributed by atoms with Gasteiger partial charge in [0, 0.05) is 43.6 Å². The minimum Gasteiger partial charge on any atom is -0.415 e. The molecule has 33 heavy (non-hydrogen) atoms. The molecule has 1 aliphatic rings. The first kappa shape index (κ1) is 21.1. The molecule has 170 valence electrons. The fourth-order valence-corrected chi connectivity index (χ4v) is 3.68. The van der Waals surface area contributed by atoms with Gasteiger partial charge in [-0.3, -0.25) is 4.98 Å². The van der Waals surface area contributed by atoms with Crippen molar-refractivity contribution in [3.8, 4) is 22.7 Å². The summed E-state index contributed by atoms with van der Waals surface area (Å²) >= 11 is 0. The summed E-state index contributed by atoms with van der Waals surface area (Å²) in [6.07, 6.45) is 0.586. The van der Waals surface area contributed by atoms with Crippen molar-refractivity contribution in [3.63, 3.8) is 0 Å². The van der Waals surface area contributed by atoms with Crippen LogP contribution in [0.4, 0.5) is 14.5 Å². The van der Waals surface area contributed by atoms with E-state index in [2.05, 4.69) is 54.5 Å². The SMILES string of the molecule is CN1CCN(c2cccc(-c3cn(Cc4ccc(-c5nnc(C(F)F)o5)cn4)nn3)c2)CC1. The summed E-state index contributed by atoms with van der Waals surface area (Å²) in [7, 11) is 2.14. The predicted octanol–water partition coefficient (Wildman–Crippen LogP) is 3.13. The third-order valence-corrected chi connectivity index (χ3v) is 5.57. The lowest BCUT2D eigenvalue weighted by Gasteiger charge is -2.34. The van der Waals surface area contributed by atoms with Crippen molar-refractivity contribution in [1.29, 1.82) is 0 Å². The second-order valence-electron chi connectivity index (χ2n) is 7.93. The van der Waals surface area contributed by atoms with Crippen molar-refractivity contribution in [2.75, 3.05) is 38.1 Å². The predicted molar refractivity (Wildman–Crippen MR) is 117 cm³/mol. The van der Waals surface area contributed by atoms with E-state index in [-0.39, 0.29) is 5.89 Å². The number of pyridine rings is 1. The molecule has 0 atom stereocenters. The largest absolute Gasteiger partial charge is 0.415 e. The van der Waals surface area contributed by atoms with Crippen LogP contribution in [0, 0.1) is 0 Å². The molecular formula is C22H22F2N8O. The summed E-state index contributed by atoms with van der Waals surface area (Å²) in [5.74, 6) is -0.700. The minimum atomic E-state index is -2.80. The number of benzene rings is 1. The Labute approximate surface area is 188 Å². The van der Waals surface area contributed by atoms with Crippen LogP contribution in [0.25, 0.3) is 22.7 Å². The van der Waals surface area contributed by atoms with Gasteiger partial charge in [0.25, 0.3) is 5.89 Å². The Morgan fingerprint density at radius 1 is 1.00 bits per heavy atom. The second kappa shape index (κ2) is 9.02. The summed E-state index contributed by atoms with van der Waals surface area (Å²) in [5, 5.41) is 15.5. The van der Waals surface area contributed by atoms with E-state index >= 15 is 0 Å². The topological polar surface area (TPSA) is 89.0 Å². The lowest BCUT2D eigenvalue weighted by atomic mass is 10.1. The van der Waals surface area contributed by atoms with Crippen molar-refractivity contribution < 1.29 is 13.2 Å². The fraction of sp³-hybridized carbons (Fsp3) is 0.318. The van der Waals surface area contributed by atoms with E-state index in [1.54, 1.807) is 16.8 Å². The van der Waals surface area contributed by atoms with Crippen LogP contribution in [-0.2, 0) is 6.54 Å². The van der Waals surface area contributed by atoms with E-state index in [9.17, 15) is 8.78 Å². The molecule has 0 spiro atoms. The lowest BCUT2D eigenvalue weighted by Crippen LogP contribution is -2.44. The Hall–Kier alpha value is -3.73. The summed E-state index contributed by atoms with van der Waals surface area (Å²) < 4.78 is 31.9. The molecule has 0 amide bonds. The summed E-state index contributed by atoms with van der Waals surface area (Å²) in [6.45, 7) is 4.51. The van der Waals surface area contributed by atoms with Crippen LogP contribution in [0.3, 0.4) is 0 Å². The number of aromatic nitrogens is 6. The second-order valence-corrected chi connectivity index (χ2v) is 7.93. The molecular weight excluding hydrogens is 430 g/mol.